The van der Waals surface area contributed by atoms with E-state index in [9.17, 15) is 4.79 Å². The van der Waals surface area contributed by atoms with Crippen LogP contribution in [0.5, 0.6) is 0 Å². The molecule has 0 atom stereocenters. The number of nitrogens with one attached hydrogen (secondary N) is 1. The van der Waals surface area contributed by atoms with Crippen LogP contribution in [0, 0.1) is 0 Å². The number of unbranched alkanes of at least 4 members (excludes halogenated alkanes) is 2. The monoisotopic (exact) mass is 159 g/mol. The number of carbonyl (C=O) groups is 1. The molecule has 0 amide bonds. The summed E-state index contributed by atoms with van der Waals surface area (Å²) in [6.07, 6.45) is 4.57. The summed E-state index contributed by atoms with van der Waals surface area (Å²) < 4.78 is 0. The maximum Gasteiger partial charge on any atom is 0.133 e. The van der Waals surface area contributed by atoms with Gasteiger partial charge in [-0.15, -0.1) is 0 Å². The van der Waals surface area contributed by atoms with Gasteiger partial charge in [-0.05, 0) is 13.0 Å². The predicted molar refractivity (Wildman–Crippen MR) is 49.8 cm³/mol. The highest BCUT2D eigenvalue weighted by molar-refractivity contribution is 5.51. The Morgan fingerprint density at radius 3 is 2.36 bits per heavy atom. The van der Waals surface area contributed by atoms with E-state index in [1.54, 1.807) is 0 Å². The molecule has 0 heterocycles. The van der Waals surface area contributed by atoms with Gasteiger partial charge in [0, 0.05) is 0 Å². The van der Waals surface area contributed by atoms with Gasteiger partial charge in [-0.1, -0.05) is 33.6 Å². The summed E-state index contributed by atoms with van der Waals surface area (Å²) in [4.78, 5) is 9.78. The lowest BCUT2D eigenvalue weighted by Crippen LogP contribution is -2.17. The first-order valence-electron chi connectivity index (χ1n) is 4.56. The largest absolute Gasteiger partial charge is 0.310 e. The van der Waals surface area contributed by atoms with Crippen molar-refractivity contribution in [1.29, 1.82) is 0 Å². The van der Waals surface area contributed by atoms with E-state index in [4.69, 9.17) is 0 Å². The standard InChI is InChI=1S/C7H15NO.C2H6/c1-2-3-4-5-8-6-7-9;1-2/h7-8H,2-6H2,1H3;1-2H3. The van der Waals surface area contributed by atoms with Crippen molar-refractivity contribution in [2.24, 2.45) is 0 Å². The van der Waals surface area contributed by atoms with Gasteiger partial charge in [0.15, 0.2) is 0 Å². The zero-order valence-corrected chi connectivity index (χ0v) is 8.02. The maximum absolute atomic E-state index is 9.78. The molecule has 0 aliphatic heterocycles. The van der Waals surface area contributed by atoms with Crippen LogP contribution in [0.3, 0.4) is 0 Å². The highest BCUT2D eigenvalue weighted by Gasteiger charge is 1.83. The third-order valence-corrected chi connectivity index (χ3v) is 1.18. The fourth-order valence-electron chi connectivity index (χ4n) is 0.661. The van der Waals surface area contributed by atoms with Crippen LogP contribution in [0.4, 0.5) is 0 Å². The molecule has 2 heteroatoms. The summed E-state index contributed by atoms with van der Waals surface area (Å²) in [5, 5.41) is 3.00. The van der Waals surface area contributed by atoms with Crippen LogP contribution in [0.1, 0.15) is 40.0 Å². The van der Waals surface area contributed by atoms with E-state index in [0.29, 0.717) is 6.54 Å². The molecule has 0 radical (unpaired) electrons. The van der Waals surface area contributed by atoms with Crippen molar-refractivity contribution in [3.8, 4) is 0 Å². The molecule has 0 rings (SSSR count). The molecule has 11 heavy (non-hydrogen) atoms. The van der Waals surface area contributed by atoms with Crippen LogP contribution >= 0.6 is 0 Å². The second kappa shape index (κ2) is 16.3. The van der Waals surface area contributed by atoms with Gasteiger partial charge in [-0.2, -0.15) is 0 Å². The van der Waals surface area contributed by atoms with Gasteiger partial charge >= 0.3 is 0 Å². The minimum atomic E-state index is 0.504. The van der Waals surface area contributed by atoms with Gasteiger partial charge in [0.25, 0.3) is 0 Å². The Labute approximate surface area is 70.4 Å². The zero-order chi connectivity index (χ0) is 8.95. The second-order valence-corrected chi connectivity index (χ2v) is 2.08. The Kier molecular flexibility index (Phi) is 19.6. The SMILES string of the molecule is CC.CCCCCNCC=O. The van der Waals surface area contributed by atoms with E-state index >= 15 is 0 Å². The summed E-state index contributed by atoms with van der Waals surface area (Å²) in [6, 6.07) is 0. The van der Waals surface area contributed by atoms with E-state index in [-0.39, 0.29) is 0 Å². The molecule has 0 aliphatic rings. The minimum absolute atomic E-state index is 0.504. The van der Waals surface area contributed by atoms with Crippen molar-refractivity contribution in [3.63, 3.8) is 0 Å². The van der Waals surface area contributed by atoms with Crippen molar-refractivity contribution in [1.82, 2.24) is 5.32 Å². The summed E-state index contributed by atoms with van der Waals surface area (Å²) in [5.74, 6) is 0. The predicted octanol–water partition coefficient (Wildman–Crippen LogP) is 1.99. The smallest absolute Gasteiger partial charge is 0.133 e. The van der Waals surface area contributed by atoms with Crippen molar-refractivity contribution in [2.75, 3.05) is 13.1 Å². The Hall–Kier alpha value is -0.370. The number of hydrogen-bond donors (Lipinski definition) is 1. The summed E-state index contributed by atoms with van der Waals surface area (Å²) >= 11 is 0. The molecule has 0 saturated carbocycles. The third-order valence-electron chi connectivity index (χ3n) is 1.18. The summed E-state index contributed by atoms with van der Waals surface area (Å²) in [7, 11) is 0. The molecule has 0 spiro atoms. The number of aldehydes is 1. The molecule has 68 valence electrons. The van der Waals surface area contributed by atoms with Crippen LogP contribution in [0.25, 0.3) is 0 Å². The fraction of sp³-hybridized carbons (Fsp3) is 0.889. The van der Waals surface area contributed by atoms with E-state index in [0.717, 1.165) is 12.8 Å². The van der Waals surface area contributed by atoms with E-state index in [2.05, 4.69) is 12.2 Å². The molecule has 0 bridgehead atoms. The number of carbonyl (C=O) groups excluding carboxylic acids is 1. The number of hydrogen-bond acceptors (Lipinski definition) is 2. The lowest BCUT2D eigenvalue weighted by atomic mass is 10.2. The molecular formula is C9H21NO. The first kappa shape index (κ1) is 13.2. The van der Waals surface area contributed by atoms with Gasteiger partial charge in [0.1, 0.15) is 6.29 Å². The molecule has 0 aromatic carbocycles. The normalized spacial score (nSPS) is 8.27. The fourth-order valence-corrected chi connectivity index (χ4v) is 0.661. The second-order valence-electron chi connectivity index (χ2n) is 2.08. The third kappa shape index (κ3) is 17.7. The Morgan fingerprint density at radius 1 is 1.27 bits per heavy atom. The quantitative estimate of drug-likeness (QED) is 0.474. The van der Waals surface area contributed by atoms with Gasteiger partial charge in [-0.3, -0.25) is 0 Å². The molecule has 1 N–H and O–H groups in total. The van der Waals surface area contributed by atoms with Crippen molar-refractivity contribution in [3.05, 3.63) is 0 Å². The van der Waals surface area contributed by atoms with Gasteiger partial charge in [0.2, 0.25) is 0 Å². The number of rotatable bonds is 6. The highest BCUT2D eigenvalue weighted by atomic mass is 16.1. The van der Waals surface area contributed by atoms with Crippen LogP contribution in [-0.4, -0.2) is 19.4 Å². The summed E-state index contributed by atoms with van der Waals surface area (Å²) in [5.41, 5.74) is 0. The molecule has 0 unspecified atom stereocenters. The van der Waals surface area contributed by atoms with Crippen molar-refractivity contribution >= 4 is 6.29 Å². The summed E-state index contributed by atoms with van der Waals surface area (Å²) in [6.45, 7) is 7.65. The van der Waals surface area contributed by atoms with Gasteiger partial charge in [-0.25, -0.2) is 0 Å². The Morgan fingerprint density at radius 2 is 1.91 bits per heavy atom. The lowest BCUT2D eigenvalue weighted by molar-refractivity contribution is -0.107. The maximum atomic E-state index is 9.78. The first-order chi connectivity index (χ1) is 5.41. The van der Waals surface area contributed by atoms with Crippen molar-refractivity contribution in [2.45, 2.75) is 40.0 Å². The highest BCUT2D eigenvalue weighted by Crippen LogP contribution is 1.89. The Balaban J connectivity index is 0. The zero-order valence-electron chi connectivity index (χ0n) is 8.02. The van der Waals surface area contributed by atoms with Gasteiger partial charge < -0.3 is 10.1 Å². The first-order valence-corrected chi connectivity index (χ1v) is 4.56. The van der Waals surface area contributed by atoms with Crippen LogP contribution in [0.2, 0.25) is 0 Å². The van der Waals surface area contributed by atoms with Gasteiger partial charge in [0.05, 0.1) is 6.54 Å². The molecule has 0 aromatic rings. The van der Waals surface area contributed by atoms with E-state index in [1.165, 1.54) is 19.3 Å². The van der Waals surface area contributed by atoms with Crippen molar-refractivity contribution < 1.29 is 4.79 Å². The van der Waals surface area contributed by atoms with Crippen LogP contribution in [0.15, 0.2) is 0 Å². The molecular weight excluding hydrogens is 138 g/mol. The Bertz CT molecular complexity index is 64.6. The molecule has 2 nitrogen and oxygen atoms in total. The molecule has 0 saturated heterocycles. The topological polar surface area (TPSA) is 29.1 Å². The van der Waals surface area contributed by atoms with Crippen LogP contribution in [-0.2, 0) is 4.79 Å². The lowest BCUT2D eigenvalue weighted by Gasteiger charge is -1.96. The molecule has 0 aromatic heterocycles. The van der Waals surface area contributed by atoms with E-state index < -0.39 is 0 Å². The average molecular weight is 159 g/mol. The minimum Gasteiger partial charge on any atom is -0.310 e. The van der Waals surface area contributed by atoms with E-state index in [1.807, 2.05) is 13.8 Å². The van der Waals surface area contributed by atoms with Crippen LogP contribution < -0.4 is 5.32 Å². The average Bonchev–Trinajstić information content (AvgIpc) is 2.08. The molecule has 0 aliphatic carbocycles. The molecule has 0 fully saturated rings.